The highest BCUT2D eigenvalue weighted by molar-refractivity contribution is 5.82. The Hall–Kier alpha value is -4.12. The first-order valence-electron chi connectivity index (χ1n) is 10.6. The Bertz CT molecular complexity index is 789. The summed E-state index contributed by atoms with van der Waals surface area (Å²) in [4.78, 5) is 58.2. The van der Waals surface area contributed by atoms with E-state index in [-0.39, 0.29) is 6.61 Å². The lowest BCUT2D eigenvalue weighted by Crippen LogP contribution is -2.46. The second kappa shape index (κ2) is 17.3. The molecule has 0 spiro atoms. The summed E-state index contributed by atoms with van der Waals surface area (Å²) in [6.07, 6.45) is 4.23. The van der Waals surface area contributed by atoms with Gasteiger partial charge in [0.15, 0.2) is 0 Å². The van der Waals surface area contributed by atoms with Crippen molar-refractivity contribution < 1.29 is 57.5 Å². The number of aliphatic hydroxyl groups excluding tert-OH is 1. The van der Waals surface area contributed by atoms with Crippen LogP contribution >= 0.6 is 0 Å². The first-order chi connectivity index (χ1) is 17.5. The van der Waals surface area contributed by atoms with Gasteiger partial charge in [0.1, 0.15) is 33.0 Å². The van der Waals surface area contributed by atoms with E-state index in [0.717, 1.165) is 24.3 Å². The van der Waals surface area contributed by atoms with Gasteiger partial charge in [-0.1, -0.05) is 26.3 Å². The van der Waals surface area contributed by atoms with Crippen LogP contribution in [0, 0.1) is 17.4 Å². The highest BCUT2D eigenvalue weighted by Crippen LogP contribution is 2.25. The third-order valence-corrected chi connectivity index (χ3v) is 4.56. The maximum absolute atomic E-state index is 11.7. The van der Waals surface area contributed by atoms with Crippen molar-refractivity contribution in [1.82, 2.24) is 0 Å². The van der Waals surface area contributed by atoms with E-state index in [1.54, 1.807) is 0 Å². The third-order valence-electron chi connectivity index (χ3n) is 4.56. The van der Waals surface area contributed by atoms with Gasteiger partial charge in [0, 0.05) is 24.3 Å². The monoisotopic (exact) mass is 523 g/mol. The summed E-state index contributed by atoms with van der Waals surface area (Å²) < 4.78 is 31.0. The lowest BCUT2D eigenvalue weighted by molar-refractivity contribution is -0.166. The zero-order valence-electron chi connectivity index (χ0n) is 20.4. The lowest BCUT2D eigenvalue weighted by atomic mass is 9.90. The summed E-state index contributed by atoms with van der Waals surface area (Å²) >= 11 is 0. The highest BCUT2D eigenvalue weighted by Gasteiger charge is 2.39. The minimum Gasteiger partial charge on any atom is -0.462 e. The zero-order valence-corrected chi connectivity index (χ0v) is 20.4. The molecule has 0 aliphatic rings. The topological polar surface area (TPSA) is 161 Å². The molecule has 202 valence electrons. The van der Waals surface area contributed by atoms with Gasteiger partial charge in [0.25, 0.3) is 0 Å². The van der Waals surface area contributed by atoms with Gasteiger partial charge in [-0.05, 0) is 0 Å². The van der Waals surface area contributed by atoms with Gasteiger partial charge in [-0.2, -0.15) is 0 Å². The summed E-state index contributed by atoms with van der Waals surface area (Å²) in [6, 6.07) is 0. The maximum Gasteiger partial charge on any atom is 0.484 e. The van der Waals surface area contributed by atoms with Crippen LogP contribution in [0.2, 0.25) is 0 Å². The number of rotatable bonds is 20. The highest BCUT2D eigenvalue weighted by atomic mass is 16.6. The minimum atomic E-state index is -1.46. The van der Waals surface area contributed by atoms with Crippen molar-refractivity contribution in [3.05, 3.63) is 63.3 Å². The third kappa shape index (κ3) is 13.0. The quantitative estimate of drug-likeness (QED) is 0.101. The van der Waals surface area contributed by atoms with Crippen LogP contribution in [0.4, 0.5) is 0 Å². The lowest BCUT2D eigenvalue weighted by Gasteiger charge is -2.34. The molecule has 12 nitrogen and oxygen atoms in total. The number of esters is 5. The number of carbonyl (C=O) groups is 5. The van der Waals surface area contributed by atoms with E-state index >= 15 is 0 Å². The first-order valence-corrected chi connectivity index (χ1v) is 10.6. The molecule has 0 saturated heterocycles. The van der Waals surface area contributed by atoms with Crippen molar-refractivity contribution >= 4 is 29.8 Å². The SMILES string of the molecule is [CH+]=CC(=O)OCC(CO)(COCC(COC(=O)C=C)(COC(=O)C=C)COC(=O)C=C)COC(=O)C=C. The van der Waals surface area contributed by atoms with Gasteiger partial charge < -0.3 is 33.5 Å². The molecule has 0 aliphatic carbocycles. The molecule has 1 unspecified atom stereocenters. The molecule has 0 saturated carbocycles. The Balaban J connectivity index is 5.92. The Morgan fingerprint density at radius 3 is 1.16 bits per heavy atom. The fourth-order valence-electron chi connectivity index (χ4n) is 2.40. The van der Waals surface area contributed by atoms with Gasteiger partial charge in [-0.15, -0.1) is 4.79 Å². The molecule has 0 aromatic heterocycles. The predicted octanol–water partition coefficient (Wildman–Crippen LogP) is 0.417. The molecular formula is C25H31O12+. The molecule has 37 heavy (non-hydrogen) atoms. The smallest absolute Gasteiger partial charge is 0.462 e. The van der Waals surface area contributed by atoms with Crippen molar-refractivity contribution in [3.8, 4) is 0 Å². The van der Waals surface area contributed by atoms with Crippen LogP contribution in [0.15, 0.2) is 56.7 Å². The van der Waals surface area contributed by atoms with Crippen LogP contribution in [0.1, 0.15) is 0 Å². The minimum absolute atomic E-state index is 0.389. The average Bonchev–Trinajstić information content (AvgIpc) is 2.93. The number of ether oxygens (including phenoxy) is 6. The van der Waals surface area contributed by atoms with E-state index in [4.69, 9.17) is 35.0 Å². The Labute approximate surface area is 214 Å². The Morgan fingerprint density at radius 1 is 0.568 bits per heavy atom. The molecule has 12 heteroatoms. The number of hydrogen-bond donors (Lipinski definition) is 1. The average molecular weight is 524 g/mol. The van der Waals surface area contributed by atoms with E-state index in [0.29, 0.717) is 6.08 Å². The summed E-state index contributed by atoms with van der Waals surface area (Å²) in [5.41, 5.74) is -2.91. The molecule has 0 aromatic carbocycles. The number of hydrogen-bond acceptors (Lipinski definition) is 12. The first kappa shape index (κ1) is 32.9. The maximum atomic E-state index is 11.7. The van der Waals surface area contributed by atoms with Crippen LogP contribution < -0.4 is 0 Å². The van der Waals surface area contributed by atoms with Crippen molar-refractivity contribution in [2.24, 2.45) is 10.8 Å². The van der Waals surface area contributed by atoms with E-state index < -0.39 is 86.9 Å². The van der Waals surface area contributed by atoms with Crippen LogP contribution in [-0.4, -0.2) is 87.8 Å². The van der Waals surface area contributed by atoms with Crippen LogP contribution in [0.3, 0.4) is 0 Å². The van der Waals surface area contributed by atoms with Crippen molar-refractivity contribution in [1.29, 1.82) is 0 Å². The largest absolute Gasteiger partial charge is 0.484 e. The number of carbonyl (C=O) groups excluding carboxylic acids is 5. The van der Waals surface area contributed by atoms with Crippen LogP contribution in [0.25, 0.3) is 0 Å². The number of aliphatic hydroxyl groups is 1. The van der Waals surface area contributed by atoms with E-state index in [2.05, 4.69) is 26.3 Å². The molecular weight excluding hydrogens is 492 g/mol. The van der Waals surface area contributed by atoms with Crippen LogP contribution in [0.5, 0.6) is 0 Å². The normalized spacial score (nSPS) is 12.0. The molecule has 0 rings (SSSR count). The van der Waals surface area contributed by atoms with E-state index in [1.807, 2.05) is 0 Å². The molecule has 0 bridgehead atoms. The fourth-order valence-corrected chi connectivity index (χ4v) is 2.40. The predicted molar refractivity (Wildman–Crippen MR) is 127 cm³/mol. The summed E-state index contributed by atoms with van der Waals surface area (Å²) in [5.74, 6) is -4.18. The Morgan fingerprint density at radius 2 is 0.865 bits per heavy atom. The molecule has 1 atom stereocenters. The van der Waals surface area contributed by atoms with E-state index in [1.165, 1.54) is 0 Å². The van der Waals surface area contributed by atoms with Gasteiger partial charge in [0.05, 0.1) is 37.2 Å². The molecule has 0 aromatic rings. The molecule has 0 aliphatic heterocycles. The Kier molecular flexibility index (Phi) is 15.4. The van der Waals surface area contributed by atoms with Crippen molar-refractivity contribution in [3.63, 3.8) is 0 Å². The van der Waals surface area contributed by atoms with Crippen molar-refractivity contribution in [2.75, 3.05) is 52.9 Å². The molecule has 0 amide bonds. The molecule has 1 N–H and O–H groups in total. The molecule has 0 heterocycles. The molecule has 0 radical (unpaired) electrons. The fraction of sp³-hybridized carbons (Fsp3) is 0.400. The second-order valence-corrected chi connectivity index (χ2v) is 7.67. The van der Waals surface area contributed by atoms with Crippen molar-refractivity contribution in [2.45, 2.75) is 0 Å². The van der Waals surface area contributed by atoms with Gasteiger partial charge in [0.2, 0.25) is 6.08 Å². The summed E-state index contributed by atoms with van der Waals surface area (Å²) in [6.45, 7) is 14.5. The standard InChI is InChI=1S/C25H31O12/c1-6-19(27)33-14-24(11-26,15-34-20(28)7-2)12-32-13-25(16-35-21(29)8-3,17-36-22(30)9-4)18-37-23(31)10-5/h1,6-10,26H,2-5,11-18H2/q+1. The van der Waals surface area contributed by atoms with Gasteiger partial charge in [-0.3, -0.25) is 0 Å². The summed E-state index contributed by atoms with van der Waals surface area (Å²) in [5, 5.41) is 10.0. The van der Waals surface area contributed by atoms with Gasteiger partial charge >= 0.3 is 29.8 Å². The zero-order chi connectivity index (χ0) is 28.3. The second-order valence-electron chi connectivity index (χ2n) is 7.67. The molecule has 0 fully saturated rings. The van der Waals surface area contributed by atoms with Gasteiger partial charge in [-0.25, -0.2) is 19.2 Å². The summed E-state index contributed by atoms with van der Waals surface area (Å²) in [7, 11) is 0. The van der Waals surface area contributed by atoms with Crippen LogP contribution in [-0.2, 0) is 52.4 Å². The van der Waals surface area contributed by atoms with E-state index in [9.17, 15) is 29.1 Å².